The normalized spacial score (nSPS) is 13.1. The lowest BCUT2D eigenvalue weighted by Crippen LogP contribution is -2.24. The van der Waals surface area contributed by atoms with E-state index in [-0.39, 0.29) is 18.6 Å². The molecule has 1 unspecified atom stereocenters. The first-order valence-corrected chi connectivity index (χ1v) is 5.47. The second-order valence-electron chi connectivity index (χ2n) is 4.00. The van der Waals surface area contributed by atoms with Gasteiger partial charge in [0.25, 0.3) is 0 Å². The maximum atomic E-state index is 13.3. The van der Waals surface area contributed by atoms with E-state index < -0.39 is 17.7 Å². The van der Waals surface area contributed by atoms with Crippen molar-refractivity contribution in [1.82, 2.24) is 4.90 Å². The molecule has 0 aliphatic heterocycles. The van der Waals surface area contributed by atoms with Gasteiger partial charge in [-0.3, -0.25) is 0 Å². The second kappa shape index (κ2) is 6.64. The zero-order chi connectivity index (χ0) is 12.8. The number of aliphatic hydroxyl groups excluding tert-OH is 2. The molecule has 3 nitrogen and oxygen atoms in total. The average molecular weight is 245 g/mol. The Morgan fingerprint density at radius 3 is 2.65 bits per heavy atom. The molecule has 2 N–H and O–H groups in total. The van der Waals surface area contributed by atoms with Crippen molar-refractivity contribution in [2.75, 3.05) is 26.7 Å². The lowest BCUT2D eigenvalue weighted by atomic mass is 10.1. The number of hydrogen-bond acceptors (Lipinski definition) is 3. The van der Waals surface area contributed by atoms with Gasteiger partial charge in [0.2, 0.25) is 0 Å². The van der Waals surface area contributed by atoms with Crippen LogP contribution in [0.2, 0.25) is 0 Å². The predicted molar refractivity (Wildman–Crippen MR) is 60.5 cm³/mol. The zero-order valence-corrected chi connectivity index (χ0v) is 9.74. The summed E-state index contributed by atoms with van der Waals surface area (Å²) in [5.41, 5.74) is -0.0256. The van der Waals surface area contributed by atoms with Crippen LogP contribution in [0, 0.1) is 11.6 Å². The minimum atomic E-state index is -1.04. The van der Waals surface area contributed by atoms with Crippen molar-refractivity contribution in [1.29, 1.82) is 0 Å². The number of hydrogen-bond donors (Lipinski definition) is 2. The van der Waals surface area contributed by atoms with Crippen LogP contribution in [-0.2, 0) is 0 Å². The molecule has 0 radical (unpaired) electrons. The molecule has 0 spiro atoms. The number of likely N-dealkylation sites (N-methyl/N-ethyl adjacent to an activating group) is 1. The Balaban J connectivity index is 2.57. The fraction of sp³-hybridized carbons (Fsp3) is 0.500. The van der Waals surface area contributed by atoms with Gasteiger partial charge in [0.1, 0.15) is 11.6 Å². The Morgan fingerprint density at radius 2 is 2.00 bits per heavy atom. The highest BCUT2D eigenvalue weighted by Crippen LogP contribution is 2.21. The molecule has 1 atom stereocenters. The third-order valence-electron chi connectivity index (χ3n) is 2.58. The highest BCUT2D eigenvalue weighted by Gasteiger charge is 2.14. The van der Waals surface area contributed by atoms with Gasteiger partial charge in [-0.05, 0) is 31.7 Å². The van der Waals surface area contributed by atoms with E-state index in [1.165, 1.54) is 0 Å². The molecule has 5 heteroatoms. The van der Waals surface area contributed by atoms with E-state index in [9.17, 15) is 13.9 Å². The smallest absolute Gasteiger partial charge is 0.129 e. The lowest BCUT2D eigenvalue weighted by molar-refractivity contribution is 0.137. The molecule has 96 valence electrons. The fourth-order valence-electron chi connectivity index (χ4n) is 1.55. The van der Waals surface area contributed by atoms with Gasteiger partial charge in [-0.2, -0.15) is 0 Å². The molecule has 0 aliphatic rings. The van der Waals surface area contributed by atoms with E-state index in [4.69, 9.17) is 5.11 Å². The van der Waals surface area contributed by atoms with Crippen molar-refractivity contribution in [2.45, 2.75) is 12.5 Å². The predicted octanol–water partition coefficient (Wildman–Crippen LogP) is 1.31. The summed E-state index contributed by atoms with van der Waals surface area (Å²) in [5.74, 6) is -1.17. The van der Waals surface area contributed by atoms with Crippen molar-refractivity contribution in [2.24, 2.45) is 0 Å². The Labute approximate surface area is 99.3 Å². The minimum Gasteiger partial charge on any atom is -0.395 e. The van der Waals surface area contributed by atoms with E-state index in [2.05, 4.69) is 0 Å². The van der Waals surface area contributed by atoms with Gasteiger partial charge in [0, 0.05) is 18.7 Å². The van der Waals surface area contributed by atoms with Gasteiger partial charge in [-0.15, -0.1) is 0 Å². The van der Waals surface area contributed by atoms with Gasteiger partial charge in [-0.1, -0.05) is 0 Å². The third kappa shape index (κ3) is 4.38. The maximum Gasteiger partial charge on any atom is 0.129 e. The van der Waals surface area contributed by atoms with E-state index in [1.54, 1.807) is 11.9 Å². The van der Waals surface area contributed by atoms with Crippen molar-refractivity contribution in [3.63, 3.8) is 0 Å². The quantitative estimate of drug-likeness (QED) is 0.794. The summed E-state index contributed by atoms with van der Waals surface area (Å²) in [4.78, 5) is 1.81. The number of benzene rings is 1. The van der Waals surface area contributed by atoms with Crippen LogP contribution in [0.1, 0.15) is 18.1 Å². The summed E-state index contributed by atoms with van der Waals surface area (Å²) >= 11 is 0. The number of halogens is 2. The van der Waals surface area contributed by atoms with E-state index in [0.717, 1.165) is 18.2 Å². The molecular weight excluding hydrogens is 228 g/mol. The standard InChI is InChI=1S/C12H17F2NO2/c1-15(6-7-16)5-4-12(17)10-8-9(13)2-3-11(10)14/h2-3,8,12,16-17H,4-7H2,1H3. The summed E-state index contributed by atoms with van der Waals surface area (Å²) in [7, 11) is 1.78. The van der Waals surface area contributed by atoms with Crippen LogP contribution in [-0.4, -0.2) is 41.9 Å². The van der Waals surface area contributed by atoms with Crippen LogP contribution in [0.3, 0.4) is 0 Å². The SMILES string of the molecule is CN(CCO)CCC(O)c1cc(F)ccc1F. The second-order valence-corrected chi connectivity index (χ2v) is 4.00. The Kier molecular flexibility index (Phi) is 5.47. The summed E-state index contributed by atoms with van der Waals surface area (Å²) in [5, 5.41) is 18.4. The van der Waals surface area contributed by atoms with Crippen LogP contribution in [0.25, 0.3) is 0 Å². The number of rotatable bonds is 6. The summed E-state index contributed by atoms with van der Waals surface area (Å²) in [6.45, 7) is 1.01. The Bertz CT molecular complexity index is 360. The Hall–Kier alpha value is -1.04. The summed E-state index contributed by atoms with van der Waals surface area (Å²) in [6.07, 6.45) is -0.747. The monoisotopic (exact) mass is 245 g/mol. The minimum absolute atomic E-state index is 0.0256. The van der Waals surface area contributed by atoms with Crippen LogP contribution >= 0.6 is 0 Å². The van der Waals surface area contributed by atoms with Crippen LogP contribution in [0.4, 0.5) is 8.78 Å². The van der Waals surface area contributed by atoms with Crippen molar-refractivity contribution >= 4 is 0 Å². The molecule has 0 aromatic heterocycles. The maximum absolute atomic E-state index is 13.3. The highest BCUT2D eigenvalue weighted by atomic mass is 19.1. The third-order valence-corrected chi connectivity index (χ3v) is 2.58. The van der Waals surface area contributed by atoms with E-state index in [0.29, 0.717) is 13.1 Å². The topological polar surface area (TPSA) is 43.7 Å². The molecule has 17 heavy (non-hydrogen) atoms. The molecule has 0 heterocycles. The fourth-order valence-corrected chi connectivity index (χ4v) is 1.55. The van der Waals surface area contributed by atoms with Crippen LogP contribution in [0.15, 0.2) is 18.2 Å². The molecule has 0 saturated heterocycles. The molecule has 1 aromatic rings. The largest absolute Gasteiger partial charge is 0.395 e. The average Bonchev–Trinajstić information content (AvgIpc) is 2.29. The molecule has 0 saturated carbocycles. The van der Waals surface area contributed by atoms with Crippen molar-refractivity contribution < 1.29 is 19.0 Å². The van der Waals surface area contributed by atoms with E-state index >= 15 is 0 Å². The van der Waals surface area contributed by atoms with Crippen molar-refractivity contribution in [3.05, 3.63) is 35.4 Å². The van der Waals surface area contributed by atoms with Gasteiger partial charge in [-0.25, -0.2) is 8.78 Å². The van der Waals surface area contributed by atoms with E-state index in [1.807, 2.05) is 0 Å². The summed E-state index contributed by atoms with van der Waals surface area (Å²) < 4.78 is 26.2. The number of aliphatic hydroxyl groups is 2. The molecule has 1 rings (SSSR count). The molecule has 0 aliphatic carbocycles. The first-order chi connectivity index (χ1) is 8.04. The zero-order valence-electron chi connectivity index (χ0n) is 9.74. The first kappa shape index (κ1) is 14.0. The van der Waals surface area contributed by atoms with Crippen LogP contribution < -0.4 is 0 Å². The van der Waals surface area contributed by atoms with Gasteiger partial charge in [0.05, 0.1) is 12.7 Å². The summed E-state index contributed by atoms with van der Waals surface area (Å²) in [6, 6.07) is 3.03. The molecule has 1 aromatic carbocycles. The van der Waals surface area contributed by atoms with Crippen LogP contribution in [0.5, 0.6) is 0 Å². The lowest BCUT2D eigenvalue weighted by Gasteiger charge is -2.18. The molecule has 0 amide bonds. The Morgan fingerprint density at radius 1 is 1.29 bits per heavy atom. The molecular formula is C12H17F2NO2. The van der Waals surface area contributed by atoms with Gasteiger partial charge in [0.15, 0.2) is 0 Å². The highest BCUT2D eigenvalue weighted by molar-refractivity contribution is 5.20. The number of nitrogens with zero attached hydrogens (tertiary/aromatic N) is 1. The van der Waals surface area contributed by atoms with Gasteiger partial charge >= 0.3 is 0 Å². The van der Waals surface area contributed by atoms with Gasteiger partial charge < -0.3 is 15.1 Å². The molecule has 0 fully saturated rings. The first-order valence-electron chi connectivity index (χ1n) is 5.47. The molecule has 0 bridgehead atoms. The van der Waals surface area contributed by atoms with Crippen molar-refractivity contribution in [3.8, 4) is 0 Å².